The molecule has 1 amide bonds. The summed E-state index contributed by atoms with van der Waals surface area (Å²) < 4.78 is 38.2. The van der Waals surface area contributed by atoms with E-state index in [1.54, 1.807) is 34.6 Å². The first-order valence-corrected chi connectivity index (χ1v) is 10.6. The number of carbonyl (C=O) groups is 2. The summed E-state index contributed by atoms with van der Waals surface area (Å²) in [5.41, 5.74) is -0.617. The van der Waals surface area contributed by atoms with Gasteiger partial charge in [0.25, 0.3) is 10.1 Å². The van der Waals surface area contributed by atoms with Gasteiger partial charge in [0.1, 0.15) is 5.60 Å². The van der Waals surface area contributed by atoms with Crippen LogP contribution in [0.5, 0.6) is 0 Å². The fourth-order valence-electron chi connectivity index (χ4n) is 2.77. The Kier molecular flexibility index (Phi) is 7.88. The van der Waals surface area contributed by atoms with Crippen molar-refractivity contribution < 1.29 is 31.7 Å². The van der Waals surface area contributed by atoms with Gasteiger partial charge in [0, 0.05) is 25.4 Å². The van der Waals surface area contributed by atoms with Crippen LogP contribution in [0.4, 0.5) is 4.79 Å². The predicted molar refractivity (Wildman–Crippen MR) is 96.0 cm³/mol. The lowest BCUT2D eigenvalue weighted by molar-refractivity contribution is -0.149. The van der Waals surface area contributed by atoms with Crippen LogP contribution in [-0.4, -0.2) is 63.0 Å². The Hall–Kier alpha value is -1.35. The third-order valence-corrected chi connectivity index (χ3v) is 4.40. The summed E-state index contributed by atoms with van der Waals surface area (Å²) >= 11 is 0. The van der Waals surface area contributed by atoms with Gasteiger partial charge in [-0.05, 0) is 47.0 Å². The molecule has 1 aliphatic rings. The first-order chi connectivity index (χ1) is 11.8. The molecule has 0 spiro atoms. The maximum atomic E-state index is 12.3. The zero-order valence-electron chi connectivity index (χ0n) is 16.5. The molecule has 8 nitrogen and oxygen atoms in total. The average Bonchev–Trinajstić information content (AvgIpc) is 2.42. The van der Waals surface area contributed by atoms with Crippen molar-refractivity contribution in [1.82, 2.24) is 4.90 Å². The van der Waals surface area contributed by atoms with Crippen LogP contribution in [0.3, 0.4) is 0 Å². The van der Waals surface area contributed by atoms with Gasteiger partial charge in [-0.15, -0.1) is 0 Å². The van der Waals surface area contributed by atoms with E-state index in [0.717, 1.165) is 6.26 Å². The molecular weight excluding hydrogens is 362 g/mol. The Labute approximate surface area is 156 Å². The van der Waals surface area contributed by atoms with E-state index in [9.17, 15) is 18.0 Å². The number of esters is 1. The smallest absolute Gasteiger partial charge is 0.410 e. The summed E-state index contributed by atoms with van der Waals surface area (Å²) in [5.74, 6) is -0.757. The largest absolute Gasteiger partial charge is 0.463 e. The first kappa shape index (κ1) is 22.7. The molecule has 1 fully saturated rings. The molecule has 0 bridgehead atoms. The van der Waals surface area contributed by atoms with Gasteiger partial charge in [-0.3, -0.25) is 8.98 Å². The number of hydrogen-bond donors (Lipinski definition) is 0. The van der Waals surface area contributed by atoms with Crippen LogP contribution in [0, 0.1) is 11.8 Å². The third-order valence-electron chi connectivity index (χ3n) is 3.84. The van der Waals surface area contributed by atoms with Crippen LogP contribution in [-0.2, 0) is 28.6 Å². The summed E-state index contributed by atoms with van der Waals surface area (Å²) in [6.45, 7) is 9.50. The highest BCUT2D eigenvalue weighted by Crippen LogP contribution is 2.29. The number of rotatable bonds is 6. The number of piperidine rings is 1. The van der Waals surface area contributed by atoms with Crippen LogP contribution in [0.1, 0.15) is 47.5 Å². The van der Waals surface area contributed by atoms with E-state index in [-0.39, 0.29) is 43.5 Å². The van der Waals surface area contributed by atoms with Gasteiger partial charge in [-0.2, -0.15) is 8.42 Å². The predicted octanol–water partition coefficient (Wildman–Crippen LogP) is 2.18. The van der Waals surface area contributed by atoms with Gasteiger partial charge >= 0.3 is 12.1 Å². The average molecular weight is 394 g/mol. The van der Waals surface area contributed by atoms with Crippen LogP contribution < -0.4 is 0 Å². The van der Waals surface area contributed by atoms with Crippen molar-refractivity contribution in [2.45, 2.75) is 59.2 Å². The SMILES string of the molecule is CC(C)OC(=O)C[C@@H]1CCN(C(=O)OC(C)(C)C)CC1COS(C)(=O)=O. The molecule has 1 rings (SSSR count). The lowest BCUT2D eigenvalue weighted by Gasteiger charge is -2.38. The standard InChI is InChI=1S/C17H31NO7S/c1-12(2)24-15(19)9-13-7-8-18(16(20)25-17(3,4)5)10-14(13)11-23-26(6,21)22/h12-14H,7-11H2,1-6H3/t13-,14?/m0/s1. The van der Waals surface area contributed by atoms with Gasteiger partial charge in [0.05, 0.1) is 19.0 Å². The van der Waals surface area contributed by atoms with Crippen molar-refractivity contribution in [3.8, 4) is 0 Å². The molecule has 1 saturated heterocycles. The molecule has 0 radical (unpaired) electrons. The molecule has 1 aliphatic heterocycles. The molecule has 2 atom stereocenters. The van der Waals surface area contributed by atoms with Gasteiger partial charge in [0.15, 0.2) is 0 Å². The van der Waals surface area contributed by atoms with E-state index in [1.165, 1.54) is 4.90 Å². The van der Waals surface area contributed by atoms with Gasteiger partial charge in [-0.25, -0.2) is 4.79 Å². The fourth-order valence-corrected chi connectivity index (χ4v) is 3.19. The second-order valence-corrected chi connectivity index (χ2v) is 9.61. The van der Waals surface area contributed by atoms with E-state index >= 15 is 0 Å². The number of likely N-dealkylation sites (tertiary alicyclic amines) is 1. The summed E-state index contributed by atoms with van der Waals surface area (Å²) in [6, 6.07) is 0. The van der Waals surface area contributed by atoms with Crippen LogP contribution in [0.2, 0.25) is 0 Å². The minimum absolute atomic E-state index is 0.0856. The summed E-state index contributed by atoms with van der Waals surface area (Å²) in [5, 5.41) is 0. The molecule has 1 heterocycles. The maximum Gasteiger partial charge on any atom is 0.410 e. The molecule has 0 aromatic carbocycles. The monoisotopic (exact) mass is 393 g/mol. The molecule has 9 heteroatoms. The lowest BCUT2D eigenvalue weighted by Crippen LogP contribution is -2.47. The second kappa shape index (κ2) is 9.03. The summed E-state index contributed by atoms with van der Waals surface area (Å²) in [4.78, 5) is 25.8. The molecule has 0 aromatic rings. The highest BCUT2D eigenvalue weighted by Gasteiger charge is 2.35. The third kappa shape index (κ3) is 8.84. The molecule has 0 saturated carbocycles. The molecule has 152 valence electrons. The minimum atomic E-state index is -3.61. The van der Waals surface area contributed by atoms with Crippen molar-refractivity contribution in [1.29, 1.82) is 0 Å². The molecule has 0 N–H and O–H groups in total. The topological polar surface area (TPSA) is 99.2 Å². The fraction of sp³-hybridized carbons (Fsp3) is 0.882. The number of nitrogens with zero attached hydrogens (tertiary/aromatic N) is 1. The highest BCUT2D eigenvalue weighted by atomic mass is 32.2. The highest BCUT2D eigenvalue weighted by molar-refractivity contribution is 7.85. The summed E-state index contributed by atoms with van der Waals surface area (Å²) in [7, 11) is -3.61. The van der Waals surface area contributed by atoms with E-state index < -0.39 is 21.8 Å². The number of hydrogen-bond acceptors (Lipinski definition) is 7. The van der Waals surface area contributed by atoms with Crippen molar-refractivity contribution in [2.75, 3.05) is 26.0 Å². The Morgan fingerprint density at radius 2 is 1.81 bits per heavy atom. The number of ether oxygens (including phenoxy) is 2. The van der Waals surface area contributed by atoms with Crippen molar-refractivity contribution in [3.63, 3.8) is 0 Å². The second-order valence-electron chi connectivity index (χ2n) is 7.97. The molecule has 26 heavy (non-hydrogen) atoms. The maximum absolute atomic E-state index is 12.3. The van der Waals surface area contributed by atoms with Crippen molar-refractivity contribution in [3.05, 3.63) is 0 Å². The number of carbonyl (C=O) groups excluding carboxylic acids is 2. The van der Waals surface area contributed by atoms with E-state index in [0.29, 0.717) is 13.0 Å². The van der Waals surface area contributed by atoms with Crippen LogP contribution in [0.15, 0.2) is 0 Å². The van der Waals surface area contributed by atoms with Crippen LogP contribution >= 0.6 is 0 Å². The van der Waals surface area contributed by atoms with Crippen LogP contribution in [0.25, 0.3) is 0 Å². The zero-order chi connectivity index (χ0) is 20.1. The summed E-state index contributed by atoms with van der Waals surface area (Å²) in [6.07, 6.45) is 1.02. The zero-order valence-corrected chi connectivity index (χ0v) is 17.3. The Balaban J connectivity index is 2.79. The quantitative estimate of drug-likeness (QED) is 0.504. The Morgan fingerprint density at radius 1 is 1.19 bits per heavy atom. The normalized spacial score (nSPS) is 21.6. The lowest BCUT2D eigenvalue weighted by atomic mass is 9.84. The van der Waals surface area contributed by atoms with Crippen molar-refractivity contribution in [2.24, 2.45) is 11.8 Å². The first-order valence-electron chi connectivity index (χ1n) is 8.78. The van der Waals surface area contributed by atoms with E-state index in [2.05, 4.69) is 0 Å². The van der Waals surface area contributed by atoms with E-state index in [4.69, 9.17) is 13.7 Å². The molecular formula is C17H31NO7S. The van der Waals surface area contributed by atoms with Crippen molar-refractivity contribution >= 4 is 22.2 Å². The Morgan fingerprint density at radius 3 is 2.31 bits per heavy atom. The number of amides is 1. The van der Waals surface area contributed by atoms with Gasteiger partial charge < -0.3 is 14.4 Å². The van der Waals surface area contributed by atoms with Gasteiger partial charge in [0.2, 0.25) is 0 Å². The van der Waals surface area contributed by atoms with E-state index in [1.807, 2.05) is 0 Å². The Bertz CT molecular complexity index is 595. The minimum Gasteiger partial charge on any atom is -0.463 e. The van der Waals surface area contributed by atoms with Gasteiger partial charge in [-0.1, -0.05) is 0 Å². The molecule has 1 unspecified atom stereocenters. The molecule has 0 aromatic heterocycles. The molecule has 0 aliphatic carbocycles.